The Balaban J connectivity index is 1.79. The Morgan fingerprint density at radius 2 is 1.68 bits per heavy atom. The number of hydrogen-bond acceptors (Lipinski definition) is 4. The van der Waals surface area contributed by atoms with Gasteiger partial charge in [-0.3, -0.25) is 9.59 Å². The lowest BCUT2D eigenvalue weighted by atomic mass is 10.2. The Morgan fingerprint density at radius 1 is 1.00 bits per heavy atom. The minimum atomic E-state index is -0.210. The van der Waals surface area contributed by atoms with Crippen molar-refractivity contribution in [1.82, 2.24) is 5.32 Å². The summed E-state index contributed by atoms with van der Waals surface area (Å²) in [6.07, 6.45) is 0. The molecule has 0 saturated heterocycles. The summed E-state index contributed by atoms with van der Waals surface area (Å²) in [5.41, 5.74) is 1.44. The summed E-state index contributed by atoms with van der Waals surface area (Å²) in [4.78, 5) is 25.0. The second-order valence-electron chi connectivity index (χ2n) is 6.30. The number of amides is 2. The molecule has 0 aliphatic heterocycles. The topological polar surface area (TPSA) is 81.1 Å². The second kappa shape index (κ2) is 10.5. The van der Waals surface area contributed by atoms with E-state index in [1.807, 2.05) is 12.1 Å². The molecule has 8 heteroatoms. The molecule has 0 radical (unpaired) electrons. The van der Waals surface area contributed by atoms with E-state index >= 15 is 0 Å². The van der Waals surface area contributed by atoms with E-state index < -0.39 is 0 Å². The van der Waals surface area contributed by atoms with E-state index in [1.54, 1.807) is 51.6 Å². The molecule has 1 unspecified atom stereocenters. The second-order valence-corrected chi connectivity index (χ2v) is 6.71. The molecule has 0 heterocycles. The molecule has 3 N–H and O–H groups in total. The lowest BCUT2D eigenvalue weighted by Crippen LogP contribution is -3.11. The van der Waals surface area contributed by atoms with Crippen molar-refractivity contribution in [2.75, 3.05) is 39.7 Å². The van der Waals surface area contributed by atoms with Gasteiger partial charge >= 0.3 is 0 Å². The van der Waals surface area contributed by atoms with E-state index in [0.717, 1.165) is 10.5 Å². The molecular weight excluding hydrogens is 382 g/mol. The lowest BCUT2D eigenvalue weighted by Gasteiger charge is -2.14. The maximum atomic E-state index is 12.2. The fourth-order valence-electron chi connectivity index (χ4n) is 2.62. The molecule has 0 fully saturated rings. The van der Waals surface area contributed by atoms with E-state index in [4.69, 9.17) is 21.1 Å². The van der Waals surface area contributed by atoms with E-state index in [-0.39, 0.29) is 24.9 Å². The smallest absolute Gasteiger partial charge is 0.279 e. The van der Waals surface area contributed by atoms with E-state index in [2.05, 4.69) is 10.6 Å². The number of benzene rings is 2. The first kappa shape index (κ1) is 21.5. The third kappa shape index (κ3) is 6.44. The Kier molecular flexibility index (Phi) is 8.10. The van der Waals surface area contributed by atoms with Gasteiger partial charge in [0.15, 0.2) is 24.6 Å². The number of para-hydroxylation sites is 1. The quantitative estimate of drug-likeness (QED) is 0.583. The largest absolute Gasteiger partial charge is 0.493 e. The Bertz CT molecular complexity index is 829. The maximum absolute atomic E-state index is 12.2. The zero-order valence-corrected chi connectivity index (χ0v) is 16.9. The predicted molar refractivity (Wildman–Crippen MR) is 108 cm³/mol. The highest BCUT2D eigenvalue weighted by Gasteiger charge is 2.15. The van der Waals surface area contributed by atoms with Crippen LogP contribution in [0.2, 0.25) is 5.02 Å². The van der Waals surface area contributed by atoms with Crippen LogP contribution in [0.1, 0.15) is 5.56 Å². The zero-order chi connectivity index (χ0) is 20.5. The van der Waals surface area contributed by atoms with E-state index in [1.165, 1.54) is 0 Å². The van der Waals surface area contributed by atoms with Crippen molar-refractivity contribution in [3.05, 3.63) is 53.1 Å². The van der Waals surface area contributed by atoms with Gasteiger partial charge in [0.25, 0.3) is 11.8 Å². The van der Waals surface area contributed by atoms with Crippen LogP contribution >= 0.6 is 11.6 Å². The summed E-state index contributed by atoms with van der Waals surface area (Å²) < 4.78 is 10.4. The van der Waals surface area contributed by atoms with E-state index in [9.17, 15) is 9.59 Å². The van der Waals surface area contributed by atoms with Crippen molar-refractivity contribution in [2.45, 2.75) is 6.54 Å². The number of methoxy groups -OCH3 is 2. The highest BCUT2D eigenvalue weighted by Crippen LogP contribution is 2.27. The third-order valence-corrected chi connectivity index (χ3v) is 4.34. The molecule has 0 aromatic heterocycles. The van der Waals surface area contributed by atoms with Gasteiger partial charge in [-0.05, 0) is 29.8 Å². The molecule has 2 amide bonds. The molecule has 2 rings (SSSR count). The average Bonchev–Trinajstić information content (AvgIpc) is 2.67. The van der Waals surface area contributed by atoms with Gasteiger partial charge < -0.3 is 25.0 Å². The first-order valence-electron chi connectivity index (χ1n) is 8.76. The van der Waals surface area contributed by atoms with Crippen LogP contribution in [0.5, 0.6) is 11.5 Å². The van der Waals surface area contributed by atoms with Gasteiger partial charge in [0.2, 0.25) is 0 Å². The predicted octanol–water partition coefficient (Wildman–Crippen LogP) is 1.13. The monoisotopic (exact) mass is 406 g/mol. The molecule has 0 bridgehead atoms. The van der Waals surface area contributed by atoms with Crippen molar-refractivity contribution in [1.29, 1.82) is 0 Å². The first-order chi connectivity index (χ1) is 13.4. The number of hydrogen-bond donors (Lipinski definition) is 3. The molecular formula is C20H25ClN3O4+. The number of nitrogens with one attached hydrogen (secondary N) is 3. The number of likely N-dealkylation sites (N-methyl/N-ethyl adjacent to an activating group) is 1. The molecule has 150 valence electrons. The summed E-state index contributed by atoms with van der Waals surface area (Å²) in [5.74, 6) is 0.871. The number of carbonyl (C=O) groups is 2. The summed E-state index contributed by atoms with van der Waals surface area (Å²) in [6, 6.07) is 12.5. The molecule has 28 heavy (non-hydrogen) atoms. The lowest BCUT2D eigenvalue weighted by molar-refractivity contribution is -0.862. The van der Waals surface area contributed by atoms with Crippen molar-refractivity contribution in [3.8, 4) is 11.5 Å². The highest BCUT2D eigenvalue weighted by atomic mass is 35.5. The molecule has 0 aliphatic rings. The van der Waals surface area contributed by atoms with Gasteiger partial charge in [-0.2, -0.15) is 0 Å². The van der Waals surface area contributed by atoms with Crippen LogP contribution in [-0.4, -0.2) is 46.2 Å². The van der Waals surface area contributed by atoms with Crippen LogP contribution in [0.25, 0.3) is 0 Å². The van der Waals surface area contributed by atoms with Crippen molar-refractivity contribution >= 4 is 29.1 Å². The zero-order valence-electron chi connectivity index (χ0n) is 16.2. The van der Waals surface area contributed by atoms with Crippen molar-refractivity contribution in [3.63, 3.8) is 0 Å². The van der Waals surface area contributed by atoms with Crippen molar-refractivity contribution < 1.29 is 24.0 Å². The van der Waals surface area contributed by atoms with Gasteiger partial charge in [-0.15, -0.1) is 0 Å². The van der Waals surface area contributed by atoms with E-state index in [0.29, 0.717) is 28.8 Å². The standard InChI is InChI=1S/C20H24ClN3O4/c1-24(13-20(26)23-16-7-5-4-6-15(16)21)12-19(25)22-11-14-8-9-17(27-2)18(10-14)28-3/h4-10H,11-13H2,1-3H3,(H,22,25)(H,23,26)/p+1. The summed E-state index contributed by atoms with van der Waals surface area (Å²) in [5, 5.41) is 6.06. The summed E-state index contributed by atoms with van der Waals surface area (Å²) in [6.45, 7) is 0.677. The van der Waals surface area contributed by atoms with Crippen LogP contribution < -0.4 is 25.0 Å². The molecule has 0 spiro atoms. The van der Waals surface area contributed by atoms with Gasteiger partial charge in [0.05, 0.1) is 32.0 Å². The first-order valence-corrected chi connectivity index (χ1v) is 9.14. The van der Waals surface area contributed by atoms with Crippen molar-refractivity contribution in [2.24, 2.45) is 0 Å². The number of carbonyl (C=O) groups excluding carboxylic acids is 2. The Hall–Kier alpha value is -2.77. The van der Waals surface area contributed by atoms with Gasteiger partial charge in [0, 0.05) is 6.54 Å². The van der Waals surface area contributed by atoms with Crippen LogP contribution in [0.3, 0.4) is 0 Å². The van der Waals surface area contributed by atoms with Gasteiger partial charge in [-0.25, -0.2) is 0 Å². The Labute approximate surface area is 169 Å². The SMILES string of the molecule is COc1ccc(CNC(=O)C[NH+](C)CC(=O)Nc2ccccc2Cl)cc1OC. The molecule has 0 saturated carbocycles. The molecule has 2 aromatic carbocycles. The summed E-state index contributed by atoms with van der Waals surface area (Å²) in [7, 11) is 4.91. The average molecular weight is 407 g/mol. The van der Waals surface area contributed by atoms with Crippen LogP contribution in [0, 0.1) is 0 Å². The molecule has 2 aromatic rings. The van der Waals surface area contributed by atoms with Crippen LogP contribution in [-0.2, 0) is 16.1 Å². The summed E-state index contributed by atoms with van der Waals surface area (Å²) >= 11 is 6.03. The number of halogens is 1. The highest BCUT2D eigenvalue weighted by molar-refractivity contribution is 6.33. The fourth-order valence-corrected chi connectivity index (χ4v) is 2.80. The fraction of sp³-hybridized carbons (Fsp3) is 0.300. The van der Waals surface area contributed by atoms with Gasteiger partial charge in [0.1, 0.15) is 0 Å². The normalized spacial score (nSPS) is 11.4. The maximum Gasteiger partial charge on any atom is 0.279 e. The molecule has 1 atom stereocenters. The van der Waals surface area contributed by atoms with Gasteiger partial charge in [-0.1, -0.05) is 29.8 Å². The van der Waals surface area contributed by atoms with Crippen LogP contribution in [0.15, 0.2) is 42.5 Å². The molecule has 0 aliphatic carbocycles. The molecule has 7 nitrogen and oxygen atoms in total. The number of quaternary nitrogens is 1. The number of ether oxygens (including phenoxy) is 2. The third-order valence-electron chi connectivity index (χ3n) is 4.01. The minimum absolute atomic E-state index is 0.148. The number of rotatable bonds is 9. The number of anilines is 1. The Morgan fingerprint density at radius 3 is 2.36 bits per heavy atom. The minimum Gasteiger partial charge on any atom is -0.493 e. The van der Waals surface area contributed by atoms with Crippen LogP contribution in [0.4, 0.5) is 5.69 Å².